The average Bonchev–Trinajstić information content (AvgIpc) is 2.98. The fourth-order valence-electron chi connectivity index (χ4n) is 4.69. The van der Waals surface area contributed by atoms with Gasteiger partial charge in [-0.05, 0) is 49.3 Å². The molecule has 186 valence electrons. The largest absolute Gasteiger partial charge is 0.416 e. The standard InChI is InChI=1S/C23H34F3N3O3S/c1-5-17(4)15-29-21(30)20(13-16(2)3)27-22(29)9-11-28(12-10-22)33(31,32)19-8-6-7-18(14-19)23(24,25)26/h6-8,14,16-17,20,27H,5,9-13,15H2,1-4H3/t17-,20+/m0/s1. The maximum absolute atomic E-state index is 13.2. The van der Waals surface area contributed by atoms with E-state index in [2.05, 4.69) is 33.0 Å². The average molecular weight is 490 g/mol. The van der Waals surface area contributed by atoms with Gasteiger partial charge in [0.05, 0.1) is 22.2 Å². The Bertz CT molecular complexity index is 957. The lowest BCUT2D eigenvalue weighted by Crippen LogP contribution is -2.60. The monoisotopic (exact) mass is 489 g/mol. The quantitative estimate of drug-likeness (QED) is 0.627. The third-order valence-electron chi connectivity index (χ3n) is 6.77. The first-order valence-electron chi connectivity index (χ1n) is 11.6. The van der Waals surface area contributed by atoms with Gasteiger partial charge in [0.15, 0.2) is 0 Å². The molecule has 2 aliphatic heterocycles. The van der Waals surface area contributed by atoms with Gasteiger partial charge < -0.3 is 4.90 Å². The minimum Gasteiger partial charge on any atom is -0.323 e. The van der Waals surface area contributed by atoms with Crippen LogP contribution < -0.4 is 5.32 Å². The Morgan fingerprint density at radius 1 is 1.18 bits per heavy atom. The minimum atomic E-state index is -4.62. The molecule has 0 saturated carbocycles. The molecule has 33 heavy (non-hydrogen) atoms. The Balaban J connectivity index is 1.81. The molecule has 2 fully saturated rings. The summed E-state index contributed by atoms with van der Waals surface area (Å²) in [6, 6.07) is 3.55. The molecule has 3 rings (SSSR count). The highest BCUT2D eigenvalue weighted by Crippen LogP contribution is 2.37. The minimum absolute atomic E-state index is 0.0539. The van der Waals surface area contributed by atoms with Crippen molar-refractivity contribution >= 4 is 15.9 Å². The van der Waals surface area contributed by atoms with Gasteiger partial charge in [-0.25, -0.2) is 8.42 Å². The molecule has 0 radical (unpaired) electrons. The van der Waals surface area contributed by atoms with Crippen LogP contribution in [-0.4, -0.2) is 54.9 Å². The topological polar surface area (TPSA) is 69.7 Å². The number of alkyl halides is 3. The Morgan fingerprint density at radius 2 is 1.82 bits per heavy atom. The number of nitrogens with zero attached hydrogens (tertiary/aromatic N) is 2. The Hall–Kier alpha value is -1.65. The van der Waals surface area contributed by atoms with E-state index >= 15 is 0 Å². The van der Waals surface area contributed by atoms with Crippen LogP contribution in [0.5, 0.6) is 0 Å². The van der Waals surface area contributed by atoms with Gasteiger partial charge in [0.2, 0.25) is 15.9 Å². The maximum atomic E-state index is 13.2. The number of carbonyl (C=O) groups excluding carboxylic acids is 1. The second-order valence-electron chi connectivity index (χ2n) is 9.75. The Labute approximate surface area is 194 Å². The van der Waals surface area contributed by atoms with Gasteiger partial charge in [0.1, 0.15) is 0 Å². The third kappa shape index (κ3) is 5.38. The smallest absolute Gasteiger partial charge is 0.323 e. The molecule has 2 aliphatic rings. The SMILES string of the molecule is CC[C@H](C)CN1C(=O)[C@@H](CC(C)C)NC12CCN(S(=O)(=O)c1cccc(C(F)(F)F)c1)CC2. The van der Waals surface area contributed by atoms with Crippen molar-refractivity contribution in [2.24, 2.45) is 11.8 Å². The van der Waals surface area contributed by atoms with Crippen LogP contribution in [0.15, 0.2) is 29.2 Å². The second kappa shape index (κ2) is 9.54. The Kier molecular flexibility index (Phi) is 7.51. The van der Waals surface area contributed by atoms with Crippen molar-refractivity contribution in [3.8, 4) is 0 Å². The van der Waals surface area contributed by atoms with Crippen molar-refractivity contribution < 1.29 is 26.4 Å². The number of piperidine rings is 1. The van der Waals surface area contributed by atoms with E-state index < -0.39 is 27.4 Å². The summed E-state index contributed by atoms with van der Waals surface area (Å²) in [5.74, 6) is 0.684. The van der Waals surface area contributed by atoms with Crippen LogP contribution in [0, 0.1) is 11.8 Å². The number of carbonyl (C=O) groups is 1. The number of hydrogen-bond donors (Lipinski definition) is 1. The zero-order valence-corrected chi connectivity index (χ0v) is 20.5. The molecule has 1 aromatic carbocycles. The first kappa shape index (κ1) is 26.0. The van der Waals surface area contributed by atoms with E-state index in [0.717, 1.165) is 18.6 Å². The lowest BCUT2D eigenvalue weighted by atomic mass is 9.95. The van der Waals surface area contributed by atoms with Crippen LogP contribution in [0.3, 0.4) is 0 Å². The second-order valence-corrected chi connectivity index (χ2v) is 11.7. The fourth-order valence-corrected chi connectivity index (χ4v) is 6.18. The molecule has 0 aromatic heterocycles. The summed E-state index contributed by atoms with van der Waals surface area (Å²) in [7, 11) is -4.08. The molecule has 1 N–H and O–H groups in total. The number of amides is 1. The molecule has 2 atom stereocenters. The number of sulfonamides is 1. The van der Waals surface area contributed by atoms with Crippen molar-refractivity contribution in [3.63, 3.8) is 0 Å². The van der Waals surface area contributed by atoms with Crippen LogP contribution in [0.2, 0.25) is 0 Å². The highest BCUT2D eigenvalue weighted by molar-refractivity contribution is 7.89. The highest BCUT2D eigenvalue weighted by atomic mass is 32.2. The number of benzene rings is 1. The Morgan fingerprint density at radius 3 is 2.36 bits per heavy atom. The molecular weight excluding hydrogens is 455 g/mol. The molecule has 1 aromatic rings. The molecular formula is C23H34F3N3O3S. The summed E-state index contributed by atoms with van der Waals surface area (Å²) in [5.41, 5.74) is -1.61. The predicted molar refractivity (Wildman–Crippen MR) is 120 cm³/mol. The molecule has 2 saturated heterocycles. The van der Waals surface area contributed by atoms with Crippen LogP contribution in [-0.2, 0) is 21.0 Å². The van der Waals surface area contributed by atoms with Gasteiger partial charge in [-0.15, -0.1) is 0 Å². The van der Waals surface area contributed by atoms with E-state index in [0.29, 0.717) is 43.7 Å². The number of nitrogens with one attached hydrogen (secondary N) is 1. The zero-order chi connectivity index (χ0) is 24.6. The molecule has 2 heterocycles. The van der Waals surface area contributed by atoms with Crippen molar-refractivity contribution in [1.82, 2.24) is 14.5 Å². The summed E-state index contributed by atoms with van der Waals surface area (Å²) in [4.78, 5) is 14.8. The van der Waals surface area contributed by atoms with E-state index in [9.17, 15) is 26.4 Å². The van der Waals surface area contributed by atoms with Crippen molar-refractivity contribution in [3.05, 3.63) is 29.8 Å². The van der Waals surface area contributed by atoms with Gasteiger partial charge in [0.25, 0.3) is 0 Å². The highest BCUT2D eigenvalue weighted by Gasteiger charge is 2.52. The van der Waals surface area contributed by atoms with Crippen LogP contribution in [0.4, 0.5) is 13.2 Å². The summed E-state index contributed by atoms with van der Waals surface area (Å²) in [6.45, 7) is 9.13. The number of halogens is 3. The van der Waals surface area contributed by atoms with Crippen LogP contribution in [0.1, 0.15) is 58.9 Å². The van der Waals surface area contributed by atoms with Crippen LogP contribution in [0.25, 0.3) is 0 Å². The molecule has 1 amide bonds. The van der Waals surface area contributed by atoms with E-state index in [1.807, 2.05) is 4.90 Å². The van der Waals surface area contributed by atoms with Crippen molar-refractivity contribution in [2.75, 3.05) is 19.6 Å². The first-order chi connectivity index (χ1) is 15.3. The molecule has 10 heteroatoms. The lowest BCUT2D eigenvalue weighted by Gasteiger charge is -2.45. The van der Waals surface area contributed by atoms with E-state index in [-0.39, 0.29) is 29.9 Å². The molecule has 1 spiro atoms. The van der Waals surface area contributed by atoms with Gasteiger partial charge in [-0.2, -0.15) is 17.5 Å². The molecule has 0 aliphatic carbocycles. The maximum Gasteiger partial charge on any atom is 0.416 e. The summed E-state index contributed by atoms with van der Waals surface area (Å²) in [5, 5.41) is 3.51. The number of rotatable bonds is 7. The van der Waals surface area contributed by atoms with Crippen molar-refractivity contribution in [1.29, 1.82) is 0 Å². The van der Waals surface area contributed by atoms with Crippen molar-refractivity contribution in [2.45, 2.75) is 76.2 Å². The molecule has 6 nitrogen and oxygen atoms in total. The van der Waals surface area contributed by atoms with Gasteiger partial charge in [-0.3, -0.25) is 10.1 Å². The first-order valence-corrected chi connectivity index (χ1v) is 13.0. The summed E-state index contributed by atoms with van der Waals surface area (Å²) < 4.78 is 66.7. The third-order valence-corrected chi connectivity index (χ3v) is 8.67. The van der Waals surface area contributed by atoms with E-state index in [1.165, 1.54) is 10.4 Å². The predicted octanol–water partition coefficient (Wildman–Crippen LogP) is 4.08. The summed E-state index contributed by atoms with van der Waals surface area (Å²) >= 11 is 0. The van der Waals surface area contributed by atoms with E-state index in [4.69, 9.17) is 0 Å². The zero-order valence-electron chi connectivity index (χ0n) is 19.7. The summed E-state index contributed by atoms with van der Waals surface area (Å²) in [6.07, 6.45) is -2.22. The molecule has 0 bridgehead atoms. The number of hydrogen-bond acceptors (Lipinski definition) is 4. The van der Waals surface area contributed by atoms with Gasteiger partial charge in [-0.1, -0.05) is 40.2 Å². The van der Waals surface area contributed by atoms with Crippen LogP contribution >= 0.6 is 0 Å². The lowest BCUT2D eigenvalue weighted by molar-refractivity contribution is -0.137. The normalized spacial score (nSPS) is 23.0. The van der Waals surface area contributed by atoms with E-state index in [1.54, 1.807) is 0 Å². The van der Waals surface area contributed by atoms with Gasteiger partial charge >= 0.3 is 6.18 Å². The molecule has 0 unspecified atom stereocenters. The fraction of sp³-hybridized carbons (Fsp3) is 0.696. The van der Waals surface area contributed by atoms with Gasteiger partial charge in [0, 0.05) is 19.6 Å².